The van der Waals surface area contributed by atoms with Gasteiger partial charge in [-0.05, 0) is 29.8 Å². The number of alkyl halides is 1. The molecule has 0 aliphatic rings. The third kappa shape index (κ3) is 3.50. The second-order valence-corrected chi connectivity index (χ2v) is 4.70. The fourth-order valence-electron chi connectivity index (χ4n) is 2.09. The summed E-state index contributed by atoms with van der Waals surface area (Å²) in [5.74, 6) is -1.34. The van der Waals surface area contributed by atoms with E-state index in [9.17, 15) is 8.78 Å². The Morgan fingerprint density at radius 3 is 2.24 bits per heavy atom. The highest BCUT2D eigenvalue weighted by molar-refractivity contribution is 6.17. The summed E-state index contributed by atoms with van der Waals surface area (Å²) in [6.07, 6.45) is 0.158. The Bertz CT molecular complexity index is 630. The maximum atomic E-state index is 14.2. The summed E-state index contributed by atoms with van der Waals surface area (Å²) in [5, 5.41) is 8.75. The van der Waals surface area contributed by atoms with Crippen molar-refractivity contribution in [3.05, 3.63) is 59.7 Å². The molecule has 0 N–H and O–H groups in total. The van der Waals surface area contributed by atoms with Crippen LogP contribution >= 0.6 is 11.6 Å². The molecule has 2 aromatic rings. The van der Waals surface area contributed by atoms with Crippen LogP contribution in [0.15, 0.2) is 42.5 Å². The Morgan fingerprint density at radius 2 is 1.71 bits per heavy atom. The SMILES string of the molecule is N#CCCN(c1ccccc1)c1c(F)cc(CCl)cc1F. The molecular formula is C16H13ClF2N2. The van der Waals surface area contributed by atoms with E-state index in [1.54, 1.807) is 24.3 Å². The van der Waals surface area contributed by atoms with Gasteiger partial charge in [0.15, 0.2) is 0 Å². The third-order valence-corrected chi connectivity index (χ3v) is 3.32. The standard InChI is InChI=1S/C16H13ClF2N2/c17-11-12-9-14(18)16(15(19)10-12)21(8-4-7-20)13-5-2-1-3-6-13/h1-3,5-6,9-10H,4,8,11H2. The lowest BCUT2D eigenvalue weighted by Gasteiger charge is -2.25. The highest BCUT2D eigenvalue weighted by Crippen LogP contribution is 2.31. The molecule has 0 aromatic heterocycles. The average molecular weight is 307 g/mol. The molecule has 0 atom stereocenters. The summed E-state index contributed by atoms with van der Waals surface area (Å²) in [4.78, 5) is 1.46. The minimum Gasteiger partial charge on any atom is -0.336 e. The van der Waals surface area contributed by atoms with Crippen LogP contribution in [-0.2, 0) is 5.88 Å². The van der Waals surface area contributed by atoms with E-state index in [0.717, 1.165) is 0 Å². The molecule has 5 heteroatoms. The molecule has 0 bridgehead atoms. The lowest BCUT2D eigenvalue weighted by molar-refractivity contribution is 0.578. The Balaban J connectivity index is 2.49. The molecule has 0 radical (unpaired) electrons. The van der Waals surface area contributed by atoms with Crippen molar-refractivity contribution in [2.75, 3.05) is 11.4 Å². The summed E-state index contributed by atoms with van der Waals surface area (Å²) in [6.45, 7) is 0.203. The number of benzene rings is 2. The highest BCUT2D eigenvalue weighted by atomic mass is 35.5. The molecule has 2 rings (SSSR count). The zero-order chi connectivity index (χ0) is 15.2. The van der Waals surface area contributed by atoms with Gasteiger partial charge in [0.25, 0.3) is 0 Å². The molecule has 0 heterocycles. The minimum atomic E-state index is -0.688. The van der Waals surface area contributed by atoms with E-state index in [-0.39, 0.29) is 24.5 Å². The maximum Gasteiger partial charge on any atom is 0.150 e. The third-order valence-electron chi connectivity index (χ3n) is 3.02. The fraction of sp³-hybridized carbons (Fsp3) is 0.188. The lowest BCUT2D eigenvalue weighted by atomic mass is 10.1. The van der Waals surface area contributed by atoms with Crippen LogP contribution in [0, 0.1) is 23.0 Å². The number of hydrogen-bond donors (Lipinski definition) is 0. The number of para-hydroxylation sites is 1. The van der Waals surface area contributed by atoms with Crippen molar-refractivity contribution < 1.29 is 8.78 Å². The predicted octanol–water partition coefficient (Wildman–Crippen LogP) is 4.76. The summed E-state index contributed by atoms with van der Waals surface area (Å²) in [7, 11) is 0. The monoisotopic (exact) mass is 306 g/mol. The molecule has 0 fully saturated rings. The topological polar surface area (TPSA) is 27.0 Å². The molecule has 0 saturated heterocycles. The van der Waals surface area contributed by atoms with Gasteiger partial charge in [0.05, 0.1) is 12.5 Å². The van der Waals surface area contributed by atoms with Crippen LogP contribution in [0.25, 0.3) is 0 Å². The molecule has 2 aromatic carbocycles. The fourth-order valence-corrected chi connectivity index (χ4v) is 2.25. The molecule has 0 spiro atoms. The molecule has 0 unspecified atom stereocenters. The van der Waals surface area contributed by atoms with Gasteiger partial charge in [0.1, 0.15) is 17.3 Å². The molecule has 21 heavy (non-hydrogen) atoms. The van der Waals surface area contributed by atoms with Crippen molar-refractivity contribution >= 4 is 23.0 Å². The molecule has 108 valence electrons. The minimum absolute atomic E-state index is 0.0393. The Hall–Kier alpha value is -2.12. The average Bonchev–Trinajstić information content (AvgIpc) is 2.50. The van der Waals surface area contributed by atoms with Gasteiger partial charge in [0.2, 0.25) is 0 Å². The zero-order valence-corrected chi connectivity index (χ0v) is 11.9. The van der Waals surface area contributed by atoms with E-state index in [1.807, 2.05) is 12.1 Å². The first kappa shape index (κ1) is 15.3. The molecule has 0 aliphatic carbocycles. The van der Waals surface area contributed by atoms with E-state index in [4.69, 9.17) is 16.9 Å². The highest BCUT2D eigenvalue weighted by Gasteiger charge is 2.19. The van der Waals surface area contributed by atoms with Crippen LogP contribution in [0.2, 0.25) is 0 Å². The largest absolute Gasteiger partial charge is 0.336 e. The summed E-state index contributed by atoms with van der Waals surface area (Å²) >= 11 is 5.61. The van der Waals surface area contributed by atoms with Gasteiger partial charge in [-0.25, -0.2) is 8.78 Å². The van der Waals surface area contributed by atoms with Crippen molar-refractivity contribution in [1.82, 2.24) is 0 Å². The van der Waals surface area contributed by atoms with E-state index < -0.39 is 11.6 Å². The Labute approximate surface area is 127 Å². The Morgan fingerprint density at radius 1 is 1.10 bits per heavy atom. The number of rotatable bonds is 5. The van der Waals surface area contributed by atoms with E-state index >= 15 is 0 Å². The van der Waals surface area contributed by atoms with Gasteiger partial charge in [-0.3, -0.25) is 0 Å². The quantitative estimate of drug-likeness (QED) is 0.745. The second-order valence-electron chi connectivity index (χ2n) is 4.44. The van der Waals surface area contributed by atoms with Crippen LogP contribution in [0.5, 0.6) is 0 Å². The summed E-state index contributed by atoms with van der Waals surface area (Å²) < 4.78 is 28.5. The number of nitriles is 1. The molecule has 2 nitrogen and oxygen atoms in total. The van der Waals surface area contributed by atoms with Crippen LogP contribution in [0.1, 0.15) is 12.0 Å². The lowest BCUT2D eigenvalue weighted by Crippen LogP contribution is -2.21. The van der Waals surface area contributed by atoms with Crippen LogP contribution in [0.3, 0.4) is 0 Å². The maximum absolute atomic E-state index is 14.2. The van der Waals surface area contributed by atoms with E-state index in [1.165, 1.54) is 17.0 Å². The number of hydrogen-bond acceptors (Lipinski definition) is 2. The van der Waals surface area contributed by atoms with Crippen LogP contribution in [0.4, 0.5) is 20.2 Å². The van der Waals surface area contributed by atoms with Crippen LogP contribution < -0.4 is 4.90 Å². The first-order chi connectivity index (χ1) is 10.2. The molecule has 0 saturated carbocycles. The number of halogens is 3. The van der Waals surface area contributed by atoms with Gasteiger partial charge >= 0.3 is 0 Å². The van der Waals surface area contributed by atoms with Crippen molar-refractivity contribution in [2.45, 2.75) is 12.3 Å². The van der Waals surface area contributed by atoms with Crippen molar-refractivity contribution in [3.63, 3.8) is 0 Å². The van der Waals surface area contributed by atoms with Crippen LogP contribution in [-0.4, -0.2) is 6.54 Å². The first-order valence-corrected chi connectivity index (χ1v) is 6.94. The predicted molar refractivity (Wildman–Crippen MR) is 79.6 cm³/mol. The summed E-state index contributed by atoms with van der Waals surface area (Å²) in [6, 6.07) is 13.3. The van der Waals surface area contributed by atoms with Gasteiger partial charge in [-0.1, -0.05) is 18.2 Å². The van der Waals surface area contributed by atoms with E-state index in [2.05, 4.69) is 0 Å². The van der Waals surface area contributed by atoms with Gasteiger partial charge < -0.3 is 4.90 Å². The molecule has 0 aliphatic heterocycles. The second kappa shape index (κ2) is 7.05. The Kier molecular flexibility index (Phi) is 5.13. The van der Waals surface area contributed by atoms with Crippen molar-refractivity contribution in [3.8, 4) is 6.07 Å². The number of anilines is 2. The van der Waals surface area contributed by atoms with Gasteiger partial charge in [-0.2, -0.15) is 5.26 Å². The van der Waals surface area contributed by atoms with E-state index in [0.29, 0.717) is 11.3 Å². The summed E-state index contributed by atoms with van der Waals surface area (Å²) in [5.41, 5.74) is 0.846. The van der Waals surface area contributed by atoms with Gasteiger partial charge in [0, 0.05) is 18.1 Å². The normalized spacial score (nSPS) is 10.2. The zero-order valence-electron chi connectivity index (χ0n) is 11.2. The smallest absolute Gasteiger partial charge is 0.150 e. The van der Waals surface area contributed by atoms with Crippen molar-refractivity contribution in [2.24, 2.45) is 0 Å². The molecular weight excluding hydrogens is 294 g/mol. The van der Waals surface area contributed by atoms with Crippen molar-refractivity contribution in [1.29, 1.82) is 5.26 Å². The van der Waals surface area contributed by atoms with Gasteiger partial charge in [-0.15, -0.1) is 11.6 Å². The molecule has 0 amide bonds. The first-order valence-electron chi connectivity index (χ1n) is 6.40. The number of nitrogens with zero attached hydrogens (tertiary/aromatic N) is 2.